The summed E-state index contributed by atoms with van der Waals surface area (Å²) in [4.78, 5) is 0. The van der Waals surface area contributed by atoms with Gasteiger partial charge in [0.1, 0.15) is 12.5 Å². The Morgan fingerprint density at radius 1 is 1.00 bits per heavy atom. The molecule has 0 amide bonds. The second-order valence-electron chi connectivity index (χ2n) is 4.35. The summed E-state index contributed by atoms with van der Waals surface area (Å²) in [5.74, 6) is 0. The average molecular weight is 260 g/mol. The quantitative estimate of drug-likeness (QED) is 0.526. The largest absolute Gasteiger partial charge is 0.459 e. The molecule has 19 heavy (non-hydrogen) atoms. The molecule has 0 saturated carbocycles. The van der Waals surface area contributed by atoms with E-state index in [-0.39, 0.29) is 6.29 Å². The molecule has 0 saturated heterocycles. The molecule has 3 heteroatoms. The summed E-state index contributed by atoms with van der Waals surface area (Å²) in [5, 5.41) is 0. The van der Waals surface area contributed by atoms with Crippen LogP contribution < -0.4 is 0 Å². The molecule has 0 radical (unpaired) electrons. The Labute approximate surface area is 114 Å². The Balaban J connectivity index is 1.45. The van der Waals surface area contributed by atoms with E-state index in [2.05, 4.69) is 24.3 Å². The van der Waals surface area contributed by atoms with E-state index in [4.69, 9.17) is 14.2 Å². The molecule has 1 aromatic rings. The van der Waals surface area contributed by atoms with Gasteiger partial charge in [-0.25, -0.2) is 0 Å². The maximum absolute atomic E-state index is 5.59. The third-order valence-corrected chi connectivity index (χ3v) is 2.79. The highest BCUT2D eigenvalue weighted by atomic mass is 16.7. The van der Waals surface area contributed by atoms with E-state index >= 15 is 0 Å². The normalized spacial score (nSPS) is 14.7. The Morgan fingerprint density at radius 3 is 2.53 bits per heavy atom. The van der Waals surface area contributed by atoms with Crippen LogP contribution in [-0.4, -0.2) is 12.9 Å². The molecule has 1 aliphatic rings. The van der Waals surface area contributed by atoms with Gasteiger partial charge in [-0.2, -0.15) is 0 Å². The van der Waals surface area contributed by atoms with Crippen molar-refractivity contribution in [1.29, 1.82) is 0 Å². The van der Waals surface area contributed by atoms with Gasteiger partial charge in [0, 0.05) is 6.42 Å². The summed E-state index contributed by atoms with van der Waals surface area (Å²) in [6, 6.07) is 10.2. The van der Waals surface area contributed by atoms with Crippen molar-refractivity contribution < 1.29 is 14.2 Å². The molecule has 0 spiro atoms. The van der Waals surface area contributed by atoms with Gasteiger partial charge in [0.05, 0.1) is 13.2 Å². The van der Waals surface area contributed by atoms with Crippen LogP contribution in [0.3, 0.4) is 0 Å². The highest BCUT2D eigenvalue weighted by Gasteiger charge is 2.09. The summed E-state index contributed by atoms with van der Waals surface area (Å²) in [6.07, 6.45) is 10.2. The van der Waals surface area contributed by atoms with Gasteiger partial charge in [0.2, 0.25) is 6.29 Å². The minimum absolute atomic E-state index is 0.0982. The lowest BCUT2D eigenvalue weighted by atomic mass is 10.2. The zero-order chi connectivity index (χ0) is 13.2. The van der Waals surface area contributed by atoms with E-state index in [1.54, 1.807) is 12.5 Å². The van der Waals surface area contributed by atoms with E-state index < -0.39 is 0 Å². The van der Waals surface area contributed by atoms with E-state index in [9.17, 15) is 0 Å². The van der Waals surface area contributed by atoms with Crippen molar-refractivity contribution in [2.24, 2.45) is 0 Å². The lowest BCUT2D eigenvalue weighted by Crippen LogP contribution is -2.05. The van der Waals surface area contributed by atoms with Crippen LogP contribution in [-0.2, 0) is 20.8 Å². The molecule has 102 valence electrons. The van der Waals surface area contributed by atoms with Crippen LogP contribution in [0.5, 0.6) is 0 Å². The van der Waals surface area contributed by atoms with Crippen LogP contribution in [0.4, 0.5) is 0 Å². The molecule has 0 aromatic heterocycles. The monoisotopic (exact) mass is 260 g/mol. The number of benzene rings is 1. The van der Waals surface area contributed by atoms with Crippen molar-refractivity contribution in [3.8, 4) is 0 Å². The number of ether oxygens (including phenoxy) is 3. The smallest absolute Gasteiger partial charge is 0.239 e. The molecule has 0 fully saturated rings. The fourth-order valence-electron chi connectivity index (χ4n) is 1.79. The molecule has 1 aromatic carbocycles. The second-order valence-corrected chi connectivity index (χ2v) is 4.35. The lowest BCUT2D eigenvalue weighted by molar-refractivity contribution is -0.0270. The summed E-state index contributed by atoms with van der Waals surface area (Å²) < 4.78 is 16.0. The van der Waals surface area contributed by atoms with Crippen LogP contribution in [0.15, 0.2) is 55.0 Å². The van der Waals surface area contributed by atoms with Crippen LogP contribution in [0.25, 0.3) is 0 Å². The number of hydrogen-bond donors (Lipinski definition) is 0. The molecule has 3 nitrogen and oxygen atoms in total. The molecule has 1 heterocycles. The van der Waals surface area contributed by atoms with Gasteiger partial charge in [-0.1, -0.05) is 42.5 Å². The molecule has 0 bridgehead atoms. The highest BCUT2D eigenvalue weighted by molar-refractivity contribution is 5.13. The fourth-order valence-corrected chi connectivity index (χ4v) is 1.79. The first-order valence-corrected chi connectivity index (χ1v) is 6.68. The topological polar surface area (TPSA) is 27.7 Å². The van der Waals surface area contributed by atoms with Gasteiger partial charge in [-0.15, -0.1) is 0 Å². The minimum atomic E-state index is -0.0982. The number of hydrogen-bond acceptors (Lipinski definition) is 3. The van der Waals surface area contributed by atoms with Gasteiger partial charge in [-0.3, -0.25) is 0 Å². The first-order valence-electron chi connectivity index (χ1n) is 6.68. The fraction of sp³-hybridized carbons (Fsp3) is 0.375. The SMILES string of the molecule is C1=COC(CC/C=C/CCOCc2ccccc2)O1. The summed E-state index contributed by atoms with van der Waals surface area (Å²) >= 11 is 0. The molecule has 0 N–H and O–H groups in total. The Morgan fingerprint density at radius 2 is 1.74 bits per heavy atom. The zero-order valence-electron chi connectivity index (χ0n) is 11.0. The third kappa shape index (κ3) is 5.62. The molecule has 0 aliphatic carbocycles. The zero-order valence-corrected chi connectivity index (χ0v) is 11.0. The van der Waals surface area contributed by atoms with Crippen molar-refractivity contribution in [1.82, 2.24) is 0 Å². The standard InChI is InChI=1S/C16H20O3/c1(6-10-16-18-12-13-19-16)2-7-11-17-14-15-8-4-3-5-9-15/h1-5,8-9,12-13,16H,6-7,10-11,14H2/b2-1+. The minimum Gasteiger partial charge on any atom is -0.459 e. The summed E-state index contributed by atoms with van der Waals surface area (Å²) in [5.41, 5.74) is 1.22. The van der Waals surface area contributed by atoms with E-state index in [1.165, 1.54) is 5.56 Å². The van der Waals surface area contributed by atoms with E-state index in [1.807, 2.05) is 18.2 Å². The second kappa shape index (κ2) is 8.38. The third-order valence-electron chi connectivity index (χ3n) is 2.79. The van der Waals surface area contributed by atoms with Crippen molar-refractivity contribution in [3.05, 3.63) is 60.6 Å². The van der Waals surface area contributed by atoms with E-state index in [0.29, 0.717) is 6.61 Å². The summed E-state index contributed by atoms with van der Waals surface area (Å²) in [7, 11) is 0. The van der Waals surface area contributed by atoms with Crippen molar-refractivity contribution in [3.63, 3.8) is 0 Å². The lowest BCUT2D eigenvalue weighted by Gasteiger charge is -2.07. The molecular weight excluding hydrogens is 240 g/mol. The number of rotatable bonds is 8. The maximum atomic E-state index is 5.59. The van der Waals surface area contributed by atoms with Crippen molar-refractivity contribution >= 4 is 0 Å². The maximum Gasteiger partial charge on any atom is 0.239 e. The summed E-state index contributed by atoms with van der Waals surface area (Å²) in [6.45, 7) is 1.44. The van der Waals surface area contributed by atoms with E-state index in [0.717, 1.165) is 25.9 Å². The molecule has 1 aliphatic heterocycles. The average Bonchev–Trinajstić information content (AvgIpc) is 2.96. The Hall–Kier alpha value is -1.74. The first-order chi connectivity index (χ1) is 9.45. The molecule has 0 atom stereocenters. The number of allylic oxidation sites excluding steroid dienone is 1. The predicted molar refractivity (Wildman–Crippen MR) is 74.2 cm³/mol. The van der Waals surface area contributed by atoms with Gasteiger partial charge >= 0.3 is 0 Å². The highest BCUT2D eigenvalue weighted by Crippen LogP contribution is 2.11. The Bertz CT molecular complexity index is 390. The van der Waals surface area contributed by atoms with Gasteiger partial charge in [0.15, 0.2) is 0 Å². The molecule has 2 rings (SSSR count). The van der Waals surface area contributed by atoms with Crippen molar-refractivity contribution in [2.75, 3.05) is 6.61 Å². The van der Waals surface area contributed by atoms with Crippen LogP contribution in [0.2, 0.25) is 0 Å². The van der Waals surface area contributed by atoms with Gasteiger partial charge in [-0.05, 0) is 18.4 Å². The molecular formula is C16H20O3. The van der Waals surface area contributed by atoms with Crippen molar-refractivity contribution in [2.45, 2.75) is 32.2 Å². The first kappa shape index (κ1) is 13.7. The van der Waals surface area contributed by atoms with Crippen LogP contribution >= 0.6 is 0 Å². The Kier molecular flexibility index (Phi) is 6.03. The predicted octanol–water partition coefficient (Wildman–Crippen LogP) is 3.77. The molecule has 0 unspecified atom stereocenters. The van der Waals surface area contributed by atoms with Gasteiger partial charge < -0.3 is 14.2 Å². The van der Waals surface area contributed by atoms with Crippen LogP contribution in [0.1, 0.15) is 24.8 Å². The van der Waals surface area contributed by atoms with Gasteiger partial charge in [0.25, 0.3) is 0 Å². The van der Waals surface area contributed by atoms with Crippen LogP contribution in [0, 0.1) is 0 Å².